The molecule has 0 heterocycles. The number of hydrogen-bond acceptors (Lipinski definition) is 0. The summed E-state index contributed by atoms with van der Waals surface area (Å²) in [5.74, 6) is 0. The van der Waals surface area contributed by atoms with E-state index in [1.54, 1.807) is 24.3 Å². The van der Waals surface area contributed by atoms with Crippen LogP contribution in [0.4, 0.5) is 0 Å². The van der Waals surface area contributed by atoms with Gasteiger partial charge in [0.05, 0.1) is 10.0 Å². The molecule has 2 aromatic rings. The first-order valence-corrected chi connectivity index (χ1v) is 5.43. The molecule has 0 aromatic heterocycles. The van der Waals surface area contributed by atoms with Crippen LogP contribution in [-0.2, 0) is 0 Å². The lowest BCUT2D eigenvalue weighted by molar-refractivity contribution is 1.61. The zero-order valence-corrected chi connectivity index (χ0v) is 9.87. The molecule has 15 heavy (non-hydrogen) atoms. The topological polar surface area (TPSA) is 0 Å². The molecule has 2 rings (SSSR count). The summed E-state index contributed by atoms with van der Waals surface area (Å²) in [6.07, 6.45) is 0. The number of rotatable bonds is 1. The van der Waals surface area contributed by atoms with Crippen molar-refractivity contribution in [1.29, 1.82) is 0 Å². The van der Waals surface area contributed by atoms with Crippen molar-refractivity contribution in [2.45, 2.75) is 0 Å². The molecule has 0 N–H and O–H groups in total. The molecular weight excluding hydrogens is 250 g/mol. The molecule has 75 valence electrons. The largest absolute Gasteiger partial charge is 0.0843 e. The maximum atomic E-state index is 6.06. The molecule has 0 aliphatic carbocycles. The lowest BCUT2D eigenvalue weighted by Gasteiger charge is -2.06. The number of benzene rings is 2. The average molecular weight is 257 g/mol. The standard InChI is InChI=1S/C12H6Cl3/c13-9-6-4-8(5-7-9)12-10(14)2-1-3-11(12)15/h2-7H. The minimum Gasteiger partial charge on any atom is -0.0843 e. The summed E-state index contributed by atoms with van der Waals surface area (Å²) in [5, 5.41) is 1.86. The monoisotopic (exact) mass is 255 g/mol. The van der Waals surface area contributed by atoms with Gasteiger partial charge < -0.3 is 0 Å². The maximum Gasteiger partial charge on any atom is 0.0505 e. The summed E-state index contributed by atoms with van der Waals surface area (Å²) in [6.45, 7) is 0. The Morgan fingerprint density at radius 2 is 1.33 bits per heavy atom. The highest BCUT2D eigenvalue weighted by Gasteiger charge is 2.07. The molecule has 3 heteroatoms. The van der Waals surface area contributed by atoms with Gasteiger partial charge in [0.15, 0.2) is 0 Å². The molecular formula is C12H6Cl3. The Bertz CT molecular complexity index is 454. The van der Waals surface area contributed by atoms with E-state index < -0.39 is 0 Å². The van der Waals surface area contributed by atoms with Crippen LogP contribution in [0.1, 0.15) is 0 Å². The summed E-state index contributed by atoms with van der Waals surface area (Å²) >= 11 is 17.9. The summed E-state index contributed by atoms with van der Waals surface area (Å²) in [7, 11) is 0. The van der Waals surface area contributed by atoms with Crippen LogP contribution in [0.15, 0.2) is 36.4 Å². The van der Waals surface area contributed by atoms with Crippen LogP contribution in [0, 0.1) is 6.07 Å². The number of hydrogen-bond donors (Lipinski definition) is 0. The fraction of sp³-hybridized carbons (Fsp3) is 0. The van der Waals surface area contributed by atoms with Gasteiger partial charge in [-0.2, -0.15) is 0 Å². The molecule has 0 nitrogen and oxygen atoms in total. The third kappa shape index (κ3) is 2.28. The van der Waals surface area contributed by atoms with Crippen molar-refractivity contribution < 1.29 is 0 Å². The van der Waals surface area contributed by atoms with E-state index >= 15 is 0 Å². The van der Waals surface area contributed by atoms with Gasteiger partial charge in [-0.05, 0) is 35.9 Å². The Labute approximate surface area is 103 Å². The molecule has 0 aliphatic rings. The first-order valence-electron chi connectivity index (χ1n) is 4.29. The van der Waals surface area contributed by atoms with Crippen LogP contribution in [-0.4, -0.2) is 0 Å². The lowest BCUT2D eigenvalue weighted by atomic mass is 10.1. The molecule has 0 fully saturated rings. The fourth-order valence-corrected chi connectivity index (χ4v) is 2.06. The van der Waals surface area contributed by atoms with E-state index in [0.29, 0.717) is 15.1 Å². The molecule has 1 radical (unpaired) electrons. The Morgan fingerprint density at radius 1 is 0.800 bits per heavy atom. The van der Waals surface area contributed by atoms with Crippen LogP contribution < -0.4 is 0 Å². The molecule has 0 bridgehead atoms. The van der Waals surface area contributed by atoms with E-state index in [4.69, 9.17) is 34.8 Å². The first kappa shape index (κ1) is 10.8. The maximum absolute atomic E-state index is 6.06. The lowest BCUT2D eigenvalue weighted by Crippen LogP contribution is -1.81. The molecule has 0 spiro atoms. The third-order valence-corrected chi connectivity index (χ3v) is 2.88. The van der Waals surface area contributed by atoms with Gasteiger partial charge in [-0.25, -0.2) is 0 Å². The second kappa shape index (κ2) is 4.44. The van der Waals surface area contributed by atoms with Crippen molar-refractivity contribution >= 4 is 34.8 Å². The third-order valence-electron chi connectivity index (χ3n) is 2.03. The average Bonchev–Trinajstić information content (AvgIpc) is 2.20. The highest BCUT2D eigenvalue weighted by atomic mass is 35.5. The smallest absolute Gasteiger partial charge is 0.0505 e. The zero-order chi connectivity index (χ0) is 10.8. The van der Waals surface area contributed by atoms with Gasteiger partial charge in [0, 0.05) is 10.6 Å². The minimum atomic E-state index is 0.588. The minimum absolute atomic E-state index is 0.588. The van der Waals surface area contributed by atoms with Crippen molar-refractivity contribution in [3.63, 3.8) is 0 Å². The van der Waals surface area contributed by atoms with Crippen LogP contribution >= 0.6 is 34.8 Å². The normalized spacial score (nSPS) is 10.3. The Morgan fingerprint density at radius 3 is 1.87 bits per heavy atom. The van der Waals surface area contributed by atoms with Crippen LogP contribution in [0.3, 0.4) is 0 Å². The number of halogens is 3. The molecule has 2 aromatic carbocycles. The fourth-order valence-electron chi connectivity index (χ4n) is 1.34. The summed E-state index contributed by atoms with van der Waals surface area (Å²) in [6, 6.07) is 13.6. The van der Waals surface area contributed by atoms with E-state index in [0.717, 1.165) is 11.1 Å². The highest BCUT2D eigenvalue weighted by Crippen LogP contribution is 2.34. The summed E-state index contributed by atoms with van der Waals surface area (Å²) < 4.78 is 0. The van der Waals surface area contributed by atoms with E-state index in [1.165, 1.54) is 0 Å². The van der Waals surface area contributed by atoms with E-state index in [1.807, 2.05) is 12.1 Å². The van der Waals surface area contributed by atoms with Crippen LogP contribution in [0.2, 0.25) is 15.1 Å². The second-order valence-corrected chi connectivity index (χ2v) is 4.28. The van der Waals surface area contributed by atoms with Gasteiger partial charge in [-0.15, -0.1) is 0 Å². The Kier molecular flexibility index (Phi) is 3.20. The van der Waals surface area contributed by atoms with Crippen molar-refractivity contribution in [3.05, 3.63) is 57.5 Å². The molecule has 0 saturated heterocycles. The summed E-state index contributed by atoms with van der Waals surface area (Å²) in [4.78, 5) is 0. The highest BCUT2D eigenvalue weighted by molar-refractivity contribution is 6.39. The van der Waals surface area contributed by atoms with Crippen molar-refractivity contribution in [3.8, 4) is 11.1 Å². The Balaban J connectivity index is 2.58. The van der Waals surface area contributed by atoms with Crippen molar-refractivity contribution in [2.24, 2.45) is 0 Å². The van der Waals surface area contributed by atoms with E-state index in [-0.39, 0.29) is 0 Å². The SMILES string of the molecule is Clc1ccc(-c2c(Cl)c[c]cc2Cl)cc1. The zero-order valence-electron chi connectivity index (χ0n) is 7.60. The molecule has 0 atom stereocenters. The van der Waals surface area contributed by atoms with Crippen LogP contribution in [0.25, 0.3) is 11.1 Å². The van der Waals surface area contributed by atoms with Gasteiger partial charge in [0.2, 0.25) is 0 Å². The Hall–Kier alpha value is -0.690. The first-order chi connectivity index (χ1) is 7.18. The predicted molar refractivity (Wildman–Crippen MR) is 65.7 cm³/mol. The van der Waals surface area contributed by atoms with Gasteiger partial charge in [-0.3, -0.25) is 0 Å². The molecule has 0 unspecified atom stereocenters. The summed E-state index contributed by atoms with van der Waals surface area (Å²) in [5.41, 5.74) is 1.76. The van der Waals surface area contributed by atoms with Gasteiger partial charge in [-0.1, -0.05) is 46.9 Å². The van der Waals surface area contributed by atoms with E-state index in [2.05, 4.69) is 6.07 Å². The molecule has 0 saturated carbocycles. The van der Waals surface area contributed by atoms with Crippen molar-refractivity contribution in [1.82, 2.24) is 0 Å². The molecule has 0 amide bonds. The van der Waals surface area contributed by atoms with Gasteiger partial charge in [0.25, 0.3) is 0 Å². The second-order valence-electron chi connectivity index (χ2n) is 3.03. The quantitative estimate of drug-likeness (QED) is 0.665. The van der Waals surface area contributed by atoms with Gasteiger partial charge in [0.1, 0.15) is 0 Å². The van der Waals surface area contributed by atoms with Crippen molar-refractivity contribution in [2.75, 3.05) is 0 Å². The van der Waals surface area contributed by atoms with E-state index in [9.17, 15) is 0 Å². The van der Waals surface area contributed by atoms with Gasteiger partial charge >= 0.3 is 0 Å². The predicted octanol–water partition coefficient (Wildman–Crippen LogP) is 5.11. The molecule has 0 aliphatic heterocycles. The van der Waals surface area contributed by atoms with Crippen LogP contribution in [0.5, 0.6) is 0 Å².